The Balaban J connectivity index is 0.000000453. The Morgan fingerprint density at radius 2 is 1.03 bits per heavy atom. The average molecular weight is 475 g/mol. The highest BCUT2D eigenvalue weighted by molar-refractivity contribution is 5.40. The summed E-state index contributed by atoms with van der Waals surface area (Å²) in [7, 11) is 3.26. The molecule has 0 saturated carbocycles. The van der Waals surface area contributed by atoms with Crippen molar-refractivity contribution < 1.29 is 0 Å². The van der Waals surface area contributed by atoms with Crippen molar-refractivity contribution in [1.29, 1.82) is 0 Å². The monoisotopic (exact) mass is 474 g/mol. The second-order valence-corrected chi connectivity index (χ2v) is 9.92. The van der Waals surface area contributed by atoms with Crippen molar-refractivity contribution in [1.82, 2.24) is 0 Å². The van der Waals surface area contributed by atoms with Gasteiger partial charge in [0.1, 0.15) is 0 Å². The van der Waals surface area contributed by atoms with E-state index >= 15 is 0 Å². The molecule has 0 N–H and O–H groups in total. The number of aliphatic imine (C=N–C) groups is 2. The number of hydrogen-bond donors (Lipinski definition) is 0. The molecule has 2 nitrogen and oxygen atoms in total. The number of aryl methyl sites for hydroxylation is 7. The number of nitrogens with zero attached hydrogens (tertiary/aromatic N) is 2. The minimum Gasteiger partial charge on any atom is -0.229 e. The molecule has 1 aliphatic carbocycles. The Morgan fingerprint density at radius 3 is 1.34 bits per heavy atom. The van der Waals surface area contributed by atoms with Crippen molar-refractivity contribution in [3.8, 4) is 0 Å². The molecule has 0 spiro atoms. The number of benzene rings is 2. The summed E-state index contributed by atoms with van der Waals surface area (Å²) in [6, 6.07) is 11.3. The summed E-state index contributed by atoms with van der Waals surface area (Å²) >= 11 is 0. The van der Waals surface area contributed by atoms with E-state index in [0.717, 1.165) is 5.92 Å². The Kier molecular flexibility index (Phi) is 14.8. The van der Waals surface area contributed by atoms with E-state index in [2.05, 4.69) is 129 Å². The topological polar surface area (TPSA) is 24.7 Å². The summed E-state index contributed by atoms with van der Waals surface area (Å²) in [4.78, 5) is 6.88. The summed E-state index contributed by atoms with van der Waals surface area (Å²) in [5.41, 5.74) is 15.7. The molecule has 1 aliphatic rings. The second-order valence-electron chi connectivity index (χ2n) is 9.92. The molecule has 0 aliphatic heterocycles. The van der Waals surface area contributed by atoms with Gasteiger partial charge in [-0.2, -0.15) is 0 Å². The van der Waals surface area contributed by atoms with Crippen LogP contribution in [-0.2, 0) is 0 Å². The minimum atomic E-state index is 0.767. The van der Waals surface area contributed by atoms with Crippen LogP contribution in [-0.4, -0.2) is 20.1 Å². The number of rotatable bonds is 0. The molecule has 0 bridgehead atoms. The maximum absolute atomic E-state index is 3.44. The van der Waals surface area contributed by atoms with Crippen LogP contribution in [0.3, 0.4) is 0 Å². The molecule has 0 amide bonds. The van der Waals surface area contributed by atoms with E-state index in [1.807, 2.05) is 0 Å². The fourth-order valence-electron chi connectivity index (χ4n) is 3.82. The van der Waals surface area contributed by atoms with E-state index in [9.17, 15) is 0 Å². The molecule has 0 aromatic heterocycles. The van der Waals surface area contributed by atoms with Crippen LogP contribution in [0.1, 0.15) is 78.6 Å². The van der Waals surface area contributed by atoms with Gasteiger partial charge in [0, 0.05) is 14.1 Å². The van der Waals surface area contributed by atoms with E-state index in [4.69, 9.17) is 0 Å². The molecule has 0 fully saturated rings. The molecule has 2 aromatic rings. The van der Waals surface area contributed by atoms with Gasteiger partial charge in [-0.3, -0.25) is 0 Å². The first-order valence-corrected chi connectivity index (χ1v) is 12.6. The Morgan fingerprint density at radius 1 is 0.629 bits per heavy atom. The molecule has 2 aromatic carbocycles. The second kappa shape index (κ2) is 16.1. The number of allylic oxidation sites excluding steroid dienone is 4. The highest BCUT2D eigenvalue weighted by Crippen LogP contribution is 2.28. The molecule has 0 radical (unpaired) electrons. The summed E-state index contributed by atoms with van der Waals surface area (Å²) in [6.45, 7) is 26.2. The van der Waals surface area contributed by atoms with Gasteiger partial charge in [-0.15, -0.1) is 0 Å². The van der Waals surface area contributed by atoms with Gasteiger partial charge in [0.25, 0.3) is 0 Å². The fourth-order valence-corrected chi connectivity index (χ4v) is 3.82. The molecular formula is C33H50N2. The Labute approximate surface area is 217 Å². The van der Waals surface area contributed by atoms with Crippen LogP contribution in [0.2, 0.25) is 0 Å². The highest BCUT2D eigenvalue weighted by atomic mass is 14.7. The quantitative estimate of drug-likeness (QED) is 0.340. The van der Waals surface area contributed by atoms with E-state index in [-0.39, 0.29) is 0 Å². The lowest BCUT2D eigenvalue weighted by atomic mass is 9.86. The molecule has 0 heterocycles. The molecule has 3 rings (SSSR count). The van der Waals surface area contributed by atoms with Gasteiger partial charge in [0.2, 0.25) is 0 Å². The van der Waals surface area contributed by atoms with Crippen LogP contribution in [0.15, 0.2) is 57.0 Å². The zero-order valence-electron chi connectivity index (χ0n) is 25.1. The van der Waals surface area contributed by atoms with E-state index < -0.39 is 0 Å². The van der Waals surface area contributed by atoms with Gasteiger partial charge in [-0.1, -0.05) is 54.0 Å². The maximum Gasteiger partial charge on any atom is 0.0886 e. The van der Waals surface area contributed by atoms with Gasteiger partial charge in [0.15, 0.2) is 0 Å². The van der Waals surface area contributed by atoms with Crippen molar-refractivity contribution in [3.63, 3.8) is 0 Å². The minimum absolute atomic E-state index is 0.767. The van der Waals surface area contributed by atoms with Crippen LogP contribution in [0.25, 0.3) is 0 Å². The third-order valence-corrected chi connectivity index (χ3v) is 7.08. The average Bonchev–Trinajstić information content (AvgIpc) is 2.79. The van der Waals surface area contributed by atoms with Gasteiger partial charge >= 0.3 is 0 Å². The lowest BCUT2D eigenvalue weighted by Gasteiger charge is -2.19. The summed E-state index contributed by atoms with van der Waals surface area (Å²) in [5, 5.41) is 0. The van der Waals surface area contributed by atoms with Crippen molar-refractivity contribution in [2.75, 3.05) is 14.1 Å². The first-order chi connectivity index (χ1) is 16.3. The molecular weight excluding hydrogens is 424 g/mol. The predicted octanol–water partition coefficient (Wildman–Crippen LogP) is 9.57. The number of hydrogen-bond acceptors (Lipinski definition) is 2. The Bertz CT molecular complexity index is 1010. The maximum atomic E-state index is 3.44. The van der Waals surface area contributed by atoms with E-state index in [1.165, 1.54) is 62.1 Å². The lowest BCUT2D eigenvalue weighted by Crippen LogP contribution is -2.03. The SMILES string of the molecule is CC1=CCC(C)C(C)=C1C.CN=C=NC.Cc1cc(C)c(C)c(C)c1.Cc1cc(C)c(C)cc1C. The Hall–Kier alpha value is -2.70. The van der Waals surface area contributed by atoms with Crippen LogP contribution < -0.4 is 0 Å². The molecule has 192 valence electrons. The highest BCUT2D eigenvalue weighted by Gasteiger charge is 2.11. The van der Waals surface area contributed by atoms with Gasteiger partial charge < -0.3 is 0 Å². The first-order valence-electron chi connectivity index (χ1n) is 12.6. The van der Waals surface area contributed by atoms with Crippen molar-refractivity contribution in [2.45, 2.75) is 89.5 Å². The van der Waals surface area contributed by atoms with Crippen LogP contribution >= 0.6 is 0 Å². The standard InChI is InChI=1S/2C10H14.C10H16.C3H6N2/c1-7-5-9(3)10(4)6-8(7)2;1-7-5-8(2)10(4)9(3)6-7;1-7-5-6-8(2)10(4)9(7)3;1-4-3-5-2/h2*5-6H,1-4H3;5,8H,6H2,1-4H3;1-2H3. The summed E-state index contributed by atoms with van der Waals surface area (Å²) < 4.78 is 0. The third kappa shape index (κ3) is 11.5. The molecule has 1 unspecified atom stereocenters. The largest absolute Gasteiger partial charge is 0.229 e. The predicted molar refractivity (Wildman–Crippen MR) is 158 cm³/mol. The first kappa shape index (κ1) is 32.3. The van der Waals surface area contributed by atoms with Crippen LogP contribution in [0.5, 0.6) is 0 Å². The van der Waals surface area contributed by atoms with E-state index in [0.29, 0.717) is 0 Å². The van der Waals surface area contributed by atoms with E-state index in [1.54, 1.807) is 19.7 Å². The smallest absolute Gasteiger partial charge is 0.0886 e. The zero-order chi connectivity index (χ0) is 27.3. The molecule has 1 atom stereocenters. The van der Waals surface area contributed by atoms with Crippen LogP contribution in [0, 0.1) is 61.3 Å². The molecule has 2 heteroatoms. The van der Waals surface area contributed by atoms with Gasteiger partial charge in [-0.25, -0.2) is 9.98 Å². The van der Waals surface area contributed by atoms with Gasteiger partial charge in [0.05, 0.1) is 6.01 Å². The van der Waals surface area contributed by atoms with Crippen molar-refractivity contribution in [2.24, 2.45) is 15.9 Å². The lowest BCUT2D eigenvalue weighted by molar-refractivity contribution is 0.671. The molecule has 0 saturated heterocycles. The third-order valence-electron chi connectivity index (χ3n) is 7.08. The summed E-state index contributed by atoms with van der Waals surface area (Å²) in [6.07, 6.45) is 3.57. The van der Waals surface area contributed by atoms with Crippen molar-refractivity contribution in [3.05, 3.63) is 91.6 Å². The normalized spacial score (nSPS) is 14.1. The van der Waals surface area contributed by atoms with Crippen molar-refractivity contribution >= 4 is 6.01 Å². The van der Waals surface area contributed by atoms with Crippen LogP contribution in [0.4, 0.5) is 0 Å². The zero-order valence-corrected chi connectivity index (χ0v) is 25.1. The fraction of sp³-hybridized carbons (Fsp3) is 0.485. The summed E-state index contributed by atoms with van der Waals surface area (Å²) in [5.74, 6) is 0.767. The molecule has 35 heavy (non-hydrogen) atoms. The van der Waals surface area contributed by atoms with Gasteiger partial charge in [-0.05, 0) is 133 Å².